The zero-order valence-electron chi connectivity index (χ0n) is 11.4. The van der Waals surface area contributed by atoms with Crippen molar-refractivity contribution in [3.8, 4) is 0 Å². The molecule has 0 bridgehead atoms. The van der Waals surface area contributed by atoms with Crippen LogP contribution in [0.25, 0.3) is 0 Å². The molecule has 0 saturated carbocycles. The molecule has 1 atom stereocenters. The van der Waals surface area contributed by atoms with Gasteiger partial charge in [-0.25, -0.2) is 9.97 Å². The fraction of sp³-hybridized carbons (Fsp3) is 0.692. The third kappa shape index (κ3) is 2.97. The number of methoxy groups -OCH3 is 1. The molecule has 2 heterocycles. The summed E-state index contributed by atoms with van der Waals surface area (Å²) in [4.78, 5) is 11.4. The number of anilines is 1. The molecule has 0 aromatic carbocycles. The van der Waals surface area contributed by atoms with E-state index in [1.165, 1.54) is 0 Å². The van der Waals surface area contributed by atoms with Crippen molar-refractivity contribution in [2.24, 2.45) is 5.73 Å². The Morgan fingerprint density at radius 3 is 2.83 bits per heavy atom. The van der Waals surface area contributed by atoms with E-state index < -0.39 is 0 Å². The van der Waals surface area contributed by atoms with Gasteiger partial charge in [-0.1, -0.05) is 13.8 Å². The second-order valence-corrected chi connectivity index (χ2v) is 5.16. The van der Waals surface area contributed by atoms with Gasteiger partial charge in [0.05, 0.1) is 12.3 Å². The Morgan fingerprint density at radius 2 is 2.28 bits per heavy atom. The normalized spacial score (nSPS) is 19.8. The van der Waals surface area contributed by atoms with E-state index in [9.17, 15) is 0 Å². The van der Waals surface area contributed by atoms with E-state index >= 15 is 0 Å². The van der Waals surface area contributed by atoms with Crippen LogP contribution in [0.3, 0.4) is 0 Å². The number of nitrogens with zero attached hydrogens (tertiary/aromatic N) is 3. The highest BCUT2D eigenvalue weighted by Gasteiger charge is 2.21. The molecule has 0 spiro atoms. The fourth-order valence-electron chi connectivity index (χ4n) is 2.14. The molecule has 1 fully saturated rings. The van der Waals surface area contributed by atoms with Crippen LogP contribution >= 0.6 is 0 Å². The molecule has 0 amide bonds. The second-order valence-electron chi connectivity index (χ2n) is 5.16. The molecule has 1 aromatic rings. The molecule has 1 saturated heterocycles. The smallest absolute Gasteiger partial charge is 0.133 e. The lowest BCUT2D eigenvalue weighted by Crippen LogP contribution is -2.27. The summed E-state index contributed by atoms with van der Waals surface area (Å²) in [6.07, 6.45) is 1.03. The third-order valence-electron chi connectivity index (χ3n) is 3.14. The Labute approximate surface area is 108 Å². The maximum atomic E-state index is 5.95. The molecule has 2 N–H and O–H groups in total. The first kappa shape index (κ1) is 13.2. The summed E-state index contributed by atoms with van der Waals surface area (Å²) in [5, 5.41) is 0. The van der Waals surface area contributed by atoms with E-state index in [4.69, 9.17) is 10.5 Å². The number of ether oxygens (including phenoxy) is 1. The van der Waals surface area contributed by atoms with Crippen molar-refractivity contribution in [1.82, 2.24) is 9.97 Å². The largest absolute Gasteiger partial charge is 0.378 e. The lowest BCUT2D eigenvalue weighted by molar-refractivity contribution is 0.181. The van der Waals surface area contributed by atoms with Gasteiger partial charge in [0.2, 0.25) is 0 Å². The lowest BCUT2D eigenvalue weighted by atomic mass is 10.2. The van der Waals surface area contributed by atoms with Gasteiger partial charge in [0, 0.05) is 38.2 Å². The first-order valence-corrected chi connectivity index (χ1v) is 6.47. The maximum absolute atomic E-state index is 5.95. The molecular formula is C13H22N4O. The van der Waals surface area contributed by atoms with Crippen molar-refractivity contribution in [3.63, 3.8) is 0 Å². The minimum absolute atomic E-state index is 0.258. The van der Waals surface area contributed by atoms with Crippen molar-refractivity contribution in [3.05, 3.63) is 17.6 Å². The molecule has 2 rings (SSSR count). The zero-order valence-corrected chi connectivity index (χ0v) is 11.4. The lowest BCUT2D eigenvalue weighted by Gasteiger charge is -2.19. The van der Waals surface area contributed by atoms with Gasteiger partial charge in [-0.2, -0.15) is 0 Å². The van der Waals surface area contributed by atoms with Gasteiger partial charge in [-0.3, -0.25) is 0 Å². The van der Waals surface area contributed by atoms with Gasteiger partial charge in [-0.05, 0) is 6.42 Å². The monoisotopic (exact) mass is 250 g/mol. The van der Waals surface area contributed by atoms with E-state index in [1.807, 2.05) is 6.07 Å². The van der Waals surface area contributed by atoms with Crippen LogP contribution in [0, 0.1) is 0 Å². The summed E-state index contributed by atoms with van der Waals surface area (Å²) in [6, 6.07) is 2.27. The minimum Gasteiger partial charge on any atom is -0.378 e. The predicted octanol–water partition coefficient (Wildman–Crippen LogP) is 1.28. The van der Waals surface area contributed by atoms with Gasteiger partial charge in [0.15, 0.2) is 0 Å². The summed E-state index contributed by atoms with van der Waals surface area (Å²) < 4.78 is 5.17. The molecule has 18 heavy (non-hydrogen) atoms. The van der Waals surface area contributed by atoms with Crippen molar-refractivity contribution >= 4 is 5.82 Å². The summed E-state index contributed by atoms with van der Waals surface area (Å²) in [5.41, 5.74) is 6.88. The molecule has 1 aliphatic heterocycles. The fourth-order valence-corrected chi connectivity index (χ4v) is 2.14. The standard InChI is InChI=1S/C13H22N4O/c1-9(2)13-15-11(8-18-3)6-12(16-13)17-5-4-10(14)7-17/h6,9-10H,4-5,7-8,14H2,1-3H3. The number of rotatable bonds is 4. The summed E-state index contributed by atoms with van der Waals surface area (Å²) in [7, 11) is 1.68. The Balaban J connectivity index is 2.27. The first-order chi connectivity index (χ1) is 8.60. The quantitative estimate of drug-likeness (QED) is 0.872. The highest BCUT2D eigenvalue weighted by Crippen LogP contribution is 2.21. The van der Waals surface area contributed by atoms with Crippen molar-refractivity contribution < 1.29 is 4.74 Å². The van der Waals surface area contributed by atoms with Crippen molar-refractivity contribution in [2.75, 3.05) is 25.1 Å². The van der Waals surface area contributed by atoms with E-state index in [-0.39, 0.29) is 6.04 Å². The molecule has 0 radical (unpaired) electrons. The van der Waals surface area contributed by atoms with Crippen molar-refractivity contribution in [1.29, 1.82) is 0 Å². The third-order valence-corrected chi connectivity index (χ3v) is 3.14. The topological polar surface area (TPSA) is 64.3 Å². The van der Waals surface area contributed by atoms with Gasteiger partial charge < -0.3 is 15.4 Å². The van der Waals surface area contributed by atoms with Crippen LogP contribution in [0.5, 0.6) is 0 Å². The van der Waals surface area contributed by atoms with E-state index in [1.54, 1.807) is 7.11 Å². The summed E-state index contributed by atoms with van der Waals surface area (Å²) in [5.74, 6) is 2.17. The predicted molar refractivity (Wildman–Crippen MR) is 71.6 cm³/mol. The number of nitrogens with two attached hydrogens (primary N) is 1. The van der Waals surface area contributed by atoms with Crippen LogP contribution < -0.4 is 10.6 Å². The molecule has 1 aromatic heterocycles. The van der Waals surface area contributed by atoms with Gasteiger partial charge in [0.1, 0.15) is 11.6 Å². The first-order valence-electron chi connectivity index (χ1n) is 6.47. The van der Waals surface area contributed by atoms with Crippen LogP contribution in [-0.4, -0.2) is 36.2 Å². The summed E-state index contributed by atoms with van der Waals surface area (Å²) >= 11 is 0. The van der Waals surface area contributed by atoms with E-state index in [2.05, 4.69) is 28.7 Å². The maximum Gasteiger partial charge on any atom is 0.133 e. The average Bonchev–Trinajstić information content (AvgIpc) is 2.76. The number of aromatic nitrogens is 2. The van der Waals surface area contributed by atoms with Crippen LogP contribution in [-0.2, 0) is 11.3 Å². The highest BCUT2D eigenvalue weighted by atomic mass is 16.5. The van der Waals surface area contributed by atoms with E-state index in [0.717, 1.165) is 36.8 Å². The van der Waals surface area contributed by atoms with Gasteiger partial charge >= 0.3 is 0 Å². The van der Waals surface area contributed by atoms with Crippen molar-refractivity contribution in [2.45, 2.75) is 38.8 Å². The molecule has 5 heteroatoms. The minimum atomic E-state index is 0.258. The van der Waals surface area contributed by atoms with Crippen LogP contribution in [0.1, 0.15) is 37.7 Å². The van der Waals surface area contributed by atoms with Gasteiger partial charge in [0.25, 0.3) is 0 Å². The molecule has 0 aliphatic carbocycles. The number of hydrogen-bond donors (Lipinski definition) is 1. The average molecular weight is 250 g/mol. The number of hydrogen-bond acceptors (Lipinski definition) is 5. The Morgan fingerprint density at radius 1 is 1.50 bits per heavy atom. The Hall–Kier alpha value is -1.20. The van der Waals surface area contributed by atoms with Crippen LogP contribution in [0.4, 0.5) is 5.82 Å². The molecule has 5 nitrogen and oxygen atoms in total. The van der Waals surface area contributed by atoms with Crippen LogP contribution in [0.2, 0.25) is 0 Å². The molecule has 100 valence electrons. The molecule has 1 unspecified atom stereocenters. The second kappa shape index (κ2) is 5.63. The zero-order chi connectivity index (χ0) is 13.1. The SMILES string of the molecule is COCc1cc(N2CCC(N)C2)nc(C(C)C)n1. The Bertz CT molecular complexity index is 408. The van der Waals surface area contributed by atoms with Crippen LogP contribution in [0.15, 0.2) is 6.07 Å². The highest BCUT2D eigenvalue weighted by molar-refractivity contribution is 5.41. The van der Waals surface area contributed by atoms with E-state index in [0.29, 0.717) is 12.5 Å². The summed E-state index contributed by atoms with van der Waals surface area (Å²) in [6.45, 7) is 6.58. The van der Waals surface area contributed by atoms with Gasteiger partial charge in [-0.15, -0.1) is 0 Å². The molecular weight excluding hydrogens is 228 g/mol. The Kier molecular flexibility index (Phi) is 4.14. The molecule has 1 aliphatic rings.